The summed E-state index contributed by atoms with van der Waals surface area (Å²) in [7, 11) is 0. The monoisotopic (exact) mass is 384 g/mol. The van der Waals surface area contributed by atoms with E-state index >= 15 is 0 Å². The summed E-state index contributed by atoms with van der Waals surface area (Å²) >= 11 is 0. The molecule has 4 fully saturated rings. The minimum absolute atomic E-state index is 0.188. The van der Waals surface area contributed by atoms with Crippen LogP contribution in [0.1, 0.15) is 45.4 Å². The van der Waals surface area contributed by atoms with Crippen LogP contribution in [-0.4, -0.2) is 27.8 Å². The third-order valence-corrected chi connectivity index (χ3v) is 8.84. The highest BCUT2D eigenvalue weighted by Gasteiger charge is 2.75. The summed E-state index contributed by atoms with van der Waals surface area (Å²) in [5.41, 5.74) is 1.02. The van der Waals surface area contributed by atoms with Crippen LogP contribution in [0.25, 0.3) is 0 Å². The number of hydrogen-bond acceptors (Lipinski definition) is 4. The average molecular weight is 384 g/mol. The maximum absolute atomic E-state index is 11.9. The lowest BCUT2D eigenvalue weighted by Gasteiger charge is -2.57. The van der Waals surface area contributed by atoms with Crippen LogP contribution in [-0.2, 0) is 9.53 Å². The minimum Gasteiger partial charge on any atom is -0.449 e. The molecule has 5 nitrogen and oxygen atoms in total. The van der Waals surface area contributed by atoms with Crippen molar-refractivity contribution in [1.29, 1.82) is 0 Å². The van der Waals surface area contributed by atoms with E-state index in [4.69, 9.17) is 5.11 Å². The Morgan fingerprint density at radius 2 is 2.11 bits per heavy atom. The van der Waals surface area contributed by atoms with E-state index < -0.39 is 11.8 Å². The molecule has 0 saturated heterocycles. The average Bonchev–Trinajstić information content (AvgIpc) is 3.38. The molecule has 0 unspecified atom stereocenters. The van der Waals surface area contributed by atoms with Crippen molar-refractivity contribution < 1.29 is 24.5 Å². The van der Waals surface area contributed by atoms with Gasteiger partial charge in [0.25, 0.3) is 0 Å². The van der Waals surface area contributed by atoms with Crippen LogP contribution in [0.5, 0.6) is 0 Å². The van der Waals surface area contributed by atoms with E-state index in [-0.39, 0.29) is 17.1 Å². The van der Waals surface area contributed by atoms with Crippen molar-refractivity contribution in [2.45, 2.75) is 51.0 Å². The molecule has 0 radical (unpaired) electrons. The van der Waals surface area contributed by atoms with Gasteiger partial charge < -0.3 is 14.9 Å². The Hall–Kier alpha value is -1.88. The first-order valence-electron chi connectivity index (χ1n) is 10.5. The molecular weight excluding hydrogens is 356 g/mol. The van der Waals surface area contributed by atoms with Crippen LogP contribution < -0.4 is 0 Å². The molecule has 0 aromatic carbocycles. The normalized spacial score (nSPS) is 49.0. The molecule has 2 N–H and O–H groups in total. The first-order chi connectivity index (χ1) is 13.3. The van der Waals surface area contributed by atoms with Gasteiger partial charge in [0.1, 0.15) is 0 Å². The van der Waals surface area contributed by atoms with Gasteiger partial charge in [0.05, 0.1) is 11.9 Å². The highest BCUT2D eigenvalue weighted by molar-refractivity contribution is 5.92. The smallest absolute Gasteiger partial charge is 0.449 e. The van der Waals surface area contributed by atoms with E-state index in [0.29, 0.717) is 36.0 Å². The number of aliphatic hydroxyl groups is 1. The maximum atomic E-state index is 11.9. The molecule has 28 heavy (non-hydrogen) atoms. The molecule has 8 atom stereocenters. The summed E-state index contributed by atoms with van der Waals surface area (Å²) in [4.78, 5) is 22.7. The number of carboxylic acid groups (broad SMARTS) is 1. The highest BCUT2D eigenvalue weighted by Crippen LogP contribution is 2.76. The van der Waals surface area contributed by atoms with Gasteiger partial charge in [-0.3, -0.25) is 4.79 Å². The molecule has 0 bridgehead atoms. The number of allylic oxidation sites excluding steroid dienone is 2. The van der Waals surface area contributed by atoms with Gasteiger partial charge in [-0.2, -0.15) is 0 Å². The topological polar surface area (TPSA) is 83.8 Å². The van der Waals surface area contributed by atoms with Gasteiger partial charge in [-0.25, -0.2) is 4.79 Å². The second kappa shape index (κ2) is 5.82. The summed E-state index contributed by atoms with van der Waals surface area (Å²) in [6, 6.07) is 0. The lowest BCUT2D eigenvalue weighted by Crippen LogP contribution is -2.54. The van der Waals surface area contributed by atoms with Gasteiger partial charge in [0, 0.05) is 11.8 Å². The van der Waals surface area contributed by atoms with Gasteiger partial charge in [-0.15, -0.1) is 0 Å². The first kappa shape index (κ1) is 18.2. The van der Waals surface area contributed by atoms with Gasteiger partial charge >= 0.3 is 6.16 Å². The lowest BCUT2D eigenvalue weighted by molar-refractivity contribution is -0.118. The molecule has 0 spiro atoms. The molecular formula is C23H28O5. The molecule has 0 aromatic rings. The minimum atomic E-state index is -1.36. The van der Waals surface area contributed by atoms with Crippen LogP contribution in [0.2, 0.25) is 0 Å². The van der Waals surface area contributed by atoms with E-state index in [2.05, 4.69) is 18.2 Å². The maximum Gasteiger partial charge on any atom is 0.510 e. The number of rotatable bonds is 2. The zero-order valence-electron chi connectivity index (χ0n) is 16.3. The third-order valence-electron chi connectivity index (χ3n) is 8.84. The van der Waals surface area contributed by atoms with E-state index in [9.17, 15) is 14.7 Å². The van der Waals surface area contributed by atoms with Crippen molar-refractivity contribution in [2.75, 3.05) is 0 Å². The van der Waals surface area contributed by atoms with Crippen LogP contribution >= 0.6 is 0 Å². The Kier molecular flexibility index (Phi) is 3.77. The molecule has 0 aliphatic heterocycles. The van der Waals surface area contributed by atoms with E-state index in [1.54, 1.807) is 6.08 Å². The molecule has 5 aliphatic rings. The standard InChI is InChI=1S/C23H28O5/c1-12-9-17-15(14-4-3-13(24)10-16(12)14)5-6-22(2)20(17)18-11-19(18)23(22,27)7-8-28-21(25)26/h7-8,10,14-15,17-20,27H,1,3-6,9,11H2,2H3,(H,25,26)/b8-7-/t14-,15-,17-,18+,19-,20-,22+,23+/m1/s1. The SMILES string of the molecule is C=C1C[C@@H]2[C@H](CC[C@@]3(C)[C@H]2[C@H]2C[C@H]2[C@@]3(O)/C=C\OC(=O)O)[C@H]2CCC(=O)C=C12. The van der Waals surface area contributed by atoms with Crippen molar-refractivity contribution in [3.8, 4) is 0 Å². The Morgan fingerprint density at radius 3 is 2.86 bits per heavy atom. The molecule has 0 aromatic heterocycles. The first-order valence-corrected chi connectivity index (χ1v) is 10.5. The largest absolute Gasteiger partial charge is 0.510 e. The fourth-order valence-corrected chi connectivity index (χ4v) is 7.69. The van der Waals surface area contributed by atoms with Crippen LogP contribution in [0.15, 0.2) is 36.1 Å². The predicted molar refractivity (Wildman–Crippen MR) is 102 cm³/mol. The fraction of sp³-hybridized carbons (Fsp3) is 0.652. The molecule has 5 rings (SSSR count). The number of ether oxygens (including phenoxy) is 1. The molecule has 5 aliphatic carbocycles. The zero-order chi connectivity index (χ0) is 19.8. The second-order valence-electron chi connectivity index (χ2n) is 9.85. The second-order valence-corrected chi connectivity index (χ2v) is 9.85. The van der Waals surface area contributed by atoms with Crippen LogP contribution in [0, 0.1) is 40.9 Å². The van der Waals surface area contributed by atoms with Crippen molar-refractivity contribution >= 4 is 11.9 Å². The molecule has 5 heteroatoms. The Labute approximate surface area is 165 Å². The van der Waals surface area contributed by atoms with E-state index in [1.165, 1.54) is 5.57 Å². The summed E-state index contributed by atoms with van der Waals surface area (Å²) in [6.07, 6.45) is 8.68. The quantitative estimate of drug-likeness (QED) is 0.553. The number of carbonyl (C=O) groups is 2. The van der Waals surface area contributed by atoms with Crippen molar-refractivity contribution in [3.05, 3.63) is 36.1 Å². The Balaban J connectivity index is 1.47. The number of hydrogen-bond donors (Lipinski definition) is 2. The summed E-state index contributed by atoms with van der Waals surface area (Å²) < 4.78 is 4.59. The zero-order valence-corrected chi connectivity index (χ0v) is 16.3. The van der Waals surface area contributed by atoms with Gasteiger partial charge in [0.2, 0.25) is 0 Å². The molecule has 0 amide bonds. The van der Waals surface area contributed by atoms with Crippen molar-refractivity contribution in [2.24, 2.45) is 40.9 Å². The third kappa shape index (κ3) is 2.28. The summed E-state index contributed by atoms with van der Waals surface area (Å²) in [5, 5.41) is 20.4. The highest BCUT2D eigenvalue weighted by atomic mass is 16.7. The lowest BCUT2D eigenvalue weighted by atomic mass is 9.48. The molecule has 0 heterocycles. The van der Waals surface area contributed by atoms with Crippen LogP contribution in [0.4, 0.5) is 4.79 Å². The molecule has 150 valence electrons. The number of fused-ring (bicyclic) bond motifs is 7. The fourth-order valence-electron chi connectivity index (χ4n) is 7.69. The predicted octanol–water partition coefficient (Wildman–Crippen LogP) is 4.09. The number of ketones is 1. The Bertz CT molecular complexity index is 825. The number of carbonyl (C=O) groups excluding carboxylic acids is 1. The van der Waals surface area contributed by atoms with Crippen molar-refractivity contribution in [1.82, 2.24) is 0 Å². The van der Waals surface area contributed by atoms with E-state index in [1.807, 2.05) is 6.08 Å². The summed E-state index contributed by atoms with van der Waals surface area (Å²) in [6.45, 7) is 6.51. The summed E-state index contributed by atoms with van der Waals surface area (Å²) in [5.74, 6) is 2.79. The van der Waals surface area contributed by atoms with Crippen molar-refractivity contribution in [3.63, 3.8) is 0 Å². The van der Waals surface area contributed by atoms with E-state index in [0.717, 1.165) is 43.9 Å². The van der Waals surface area contributed by atoms with Gasteiger partial charge in [-0.05, 0) is 85.3 Å². The van der Waals surface area contributed by atoms with Gasteiger partial charge in [0.15, 0.2) is 5.78 Å². The van der Waals surface area contributed by atoms with Gasteiger partial charge in [-0.1, -0.05) is 19.1 Å². The molecule has 4 saturated carbocycles. The van der Waals surface area contributed by atoms with Crippen LogP contribution in [0.3, 0.4) is 0 Å². The Morgan fingerprint density at radius 1 is 1.32 bits per heavy atom.